The van der Waals surface area contributed by atoms with E-state index in [4.69, 9.17) is 33.7 Å². The van der Waals surface area contributed by atoms with Crippen molar-refractivity contribution in [3.05, 3.63) is 63.6 Å². The first-order chi connectivity index (χ1) is 14.7. The van der Waals surface area contributed by atoms with E-state index < -0.39 is 29.7 Å². The van der Waals surface area contributed by atoms with Crippen LogP contribution in [-0.2, 0) is 9.59 Å². The molecule has 0 aliphatic rings. The quantitative estimate of drug-likeness (QED) is 0.439. The van der Waals surface area contributed by atoms with E-state index in [-0.39, 0.29) is 29.7 Å². The fraction of sp³-hybridized carbons (Fsp3) is 0.200. The number of amides is 4. The smallest absolute Gasteiger partial charge is 0.273 e. The van der Waals surface area contributed by atoms with Crippen molar-refractivity contribution in [2.45, 2.75) is 18.9 Å². The van der Waals surface area contributed by atoms with Crippen molar-refractivity contribution in [2.75, 3.05) is 7.11 Å². The van der Waals surface area contributed by atoms with Gasteiger partial charge >= 0.3 is 0 Å². The maximum Gasteiger partial charge on any atom is 0.273 e. The molecular weight excluding hydrogens is 447 g/mol. The molecule has 0 aliphatic heterocycles. The third-order valence-corrected chi connectivity index (χ3v) is 4.60. The second kappa shape index (κ2) is 11.2. The number of carbonyl (C=O) groups is 4. The van der Waals surface area contributed by atoms with Gasteiger partial charge in [-0.05, 0) is 48.9 Å². The van der Waals surface area contributed by atoms with Crippen LogP contribution in [-0.4, -0.2) is 36.8 Å². The molecule has 0 radical (unpaired) electrons. The first-order valence-electron chi connectivity index (χ1n) is 8.99. The summed E-state index contributed by atoms with van der Waals surface area (Å²) in [5.74, 6) is -2.41. The van der Waals surface area contributed by atoms with E-state index >= 15 is 0 Å². The van der Waals surface area contributed by atoms with E-state index in [0.717, 1.165) is 0 Å². The minimum atomic E-state index is -1.14. The molecule has 2 aromatic carbocycles. The fourth-order valence-electron chi connectivity index (χ4n) is 2.53. The zero-order valence-electron chi connectivity index (χ0n) is 16.4. The lowest BCUT2D eigenvalue weighted by Crippen LogP contribution is -2.52. The standard InChI is InChI=1S/C20H20Cl2N4O5/c1-31-16-8-6-13(22)10-14(16)19(29)25-26-20(30)15(7-9-17(23)27)24-18(28)11-2-4-12(21)5-3-11/h2-6,8,10,15H,7,9H2,1H3,(H2,23,27)(H,24,28)(H,25,29)(H,26,30)/t15-/m1/s1. The van der Waals surface area contributed by atoms with Gasteiger partial charge in [-0.15, -0.1) is 0 Å². The predicted molar refractivity (Wildman–Crippen MR) is 115 cm³/mol. The first kappa shape index (κ1) is 24.0. The van der Waals surface area contributed by atoms with Crippen molar-refractivity contribution in [2.24, 2.45) is 5.73 Å². The normalized spacial score (nSPS) is 11.2. The number of nitrogens with two attached hydrogens (primary N) is 1. The molecule has 0 fully saturated rings. The lowest BCUT2D eigenvalue weighted by Gasteiger charge is -2.18. The van der Waals surface area contributed by atoms with Gasteiger partial charge in [0.2, 0.25) is 5.91 Å². The molecule has 0 spiro atoms. The highest BCUT2D eigenvalue weighted by Gasteiger charge is 2.23. The molecule has 0 saturated carbocycles. The molecule has 0 bridgehead atoms. The minimum absolute atomic E-state index is 0.0726. The lowest BCUT2D eigenvalue weighted by molar-refractivity contribution is -0.124. The summed E-state index contributed by atoms with van der Waals surface area (Å²) in [7, 11) is 1.38. The van der Waals surface area contributed by atoms with Crippen molar-refractivity contribution in [1.29, 1.82) is 0 Å². The number of halogens is 2. The SMILES string of the molecule is COc1ccc(Cl)cc1C(=O)NNC(=O)[C@@H](CCC(N)=O)NC(=O)c1ccc(Cl)cc1. The Kier molecular flexibility index (Phi) is 8.65. The van der Waals surface area contributed by atoms with Crippen LogP contribution in [0.1, 0.15) is 33.6 Å². The molecule has 0 saturated heterocycles. The van der Waals surface area contributed by atoms with Crippen molar-refractivity contribution in [3.63, 3.8) is 0 Å². The summed E-state index contributed by atoms with van der Waals surface area (Å²) in [6.07, 6.45) is -0.230. The Morgan fingerprint density at radius 2 is 1.61 bits per heavy atom. The number of benzene rings is 2. The number of ether oxygens (including phenoxy) is 1. The van der Waals surface area contributed by atoms with Gasteiger partial charge in [0.25, 0.3) is 17.7 Å². The van der Waals surface area contributed by atoms with Gasteiger partial charge in [-0.25, -0.2) is 0 Å². The van der Waals surface area contributed by atoms with Crippen LogP contribution in [0.4, 0.5) is 0 Å². The number of hydrazine groups is 1. The monoisotopic (exact) mass is 466 g/mol. The van der Waals surface area contributed by atoms with Gasteiger partial charge in [0, 0.05) is 22.0 Å². The maximum atomic E-state index is 12.6. The van der Waals surface area contributed by atoms with E-state index in [2.05, 4.69) is 16.2 Å². The van der Waals surface area contributed by atoms with Crippen molar-refractivity contribution < 1.29 is 23.9 Å². The average molecular weight is 467 g/mol. The van der Waals surface area contributed by atoms with Gasteiger partial charge in [0.05, 0.1) is 12.7 Å². The Balaban J connectivity index is 2.07. The lowest BCUT2D eigenvalue weighted by atomic mass is 10.1. The number of methoxy groups -OCH3 is 1. The molecule has 31 heavy (non-hydrogen) atoms. The molecule has 4 amide bonds. The second-order valence-corrected chi connectivity index (χ2v) is 7.20. The number of hydrogen-bond acceptors (Lipinski definition) is 5. The summed E-state index contributed by atoms with van der Waals surface area (Å²) in [6.45, 7) is 0. The Labute approximate surface area is 188 Å². The molecule has 0 unspecified atom stereocenters. The van der Waals surface area contributed by atoms with Gasteiger partial charge in [-0.3, -0.25) is 30.0 Å². The van der Waals surface area contributed by atoms with E-state index in [1.54, 1.807) is 6.07 Å². The molecule has 2 rings (SSSR count). The largest absolute Gasteiger partial charge is 0.496 e. The zero-order chi connectivity index (χ0) is 23.0. The molecule has 0 aliphatic carbocycles. The predicted octanol–water partition coefficient (Wildman–Crippen LogP) is 1.83. The van der Waals surface area contributed by atoms with Crippen LogP contribution >= 0.6 is 23.2 Å². The Hall–Kier alpha value is -3.30. The Bertz CT molecular complexity index is 982. The van der Waals surface area contributed by atoms with E-state index in [9.17, 15) is 19.2 Å². The molecular formula is C20H20Cl2N4O5. The van der Waals surface area contributed by atoms with E-state index in [0.29, 0.717) is 10.0 Å². The second-order valence-electron chi connectivity index (χ2n) is 6.33. The van der Waals surface area contributed by atoms with Crippen LogP contribution in [0.25, 0.3) is 0 Å². The van der Waals surface area contributed by atoms with Gasteiger partial charge in [0.1, 0.15) is 11.8 Å². The molecule has 2 aromatic rings. The van der Waals surface area contributed by atoms with Crippen LogP contribution in [0.5, 0.6) is 5.75 Å². The van der Waals surface area contributed by atoms with Gasteiger partial charge in [0.15, 0.2) is 0 Å². The zero-order valence-corrected chi connectivity index (χ0v) is 17.9. The summed E-state index contributed by atoms with van der Waals surface area (Å²) < 4.78 is 5.10. The molecule has 5 N–H and O–H groups in total. The van der Waals surface area contributed by atoms with E-state index in [1.807, 2.05) is 0 Å². The maximum absolute atomic E-state index is 12.6. The molecule has 9 nitrogen and oxygen atoms in total. The van der Waals surface area contributed by atoms with Gasteiger partial charge in [-0.2, -0.15) is 0 Å². The van der Waals surface area contributed by atoms with Crippen molar-refractivity contribution >= 4 is 46.8 Å². The van der Waals surface area contributed by atoms with Gasteiger partial charge < -0.3 is 15.8 Å². The van der Waals surface area contributed by atoms with Crippen LogP contribution in [0.15, 0.2) is 42.5 Å². The van der Waals surface area contributed by atoms with E-state index in [1.165, 1.54) is 43.5 Å². The van der Waals surface area contributed by atoms with Crippen LogP contribution in [0, 0.1) is 0 Å². The third kappa shape index (κ3) is 7.16. The number of carbonyl (C=O) groups excluding carboxylic acids is 4. The molecule has 1 atom stereocenters. The number of nitrogens with one attached hydrogen (secondary N) is 3. The topological polar surface area (TPSA) is 140 Å². The molecule has 11 heteroatoms. The fourth-order valence-corrected chi connectivity index (χ4v) is 2.83. The highest BCUT2D eigenvalue weighted by Crippen LogP contribution is 2.22. The number of primary amides is 1. The highest BCUT2D eigenvalue weighted by molar-refractivity contribution is 6.31. The number of hydrogen-bond donors (Lipinski definition) is 4. The molecule has 0 heterocycles. The van der Waals surface area contributed by atoms with Crippen molar-refractivity contribution in [1.82, 2.24) is 16.2 Å². The molecule has 0 aromatic heterocycles. The summed E-state index contributed by atoms with van der Waals surface area (Å²) in [5, 5.41) is 3.25. The third-order valence-electron chi connectivity index (χ3n) is 4.11. The van der Waals surface area contributed by atoms with Crippen LogP contribution < -0.4 is 26.6 Å². The van der Waals surface area contributed by atoms with Crippen LogP contribution in [0.3, 0.4) is 0 Å². The summed E-state index contributed by atoms with van der Waals surface area (Å²) in [4.78, 5) is 48.5. The highest BCUT2D eigenvalue weighted by atomic mass is 35.5. The molecule has 164 valence electrons. The van der Waals surface area contributed by atoms with Gasteiger partial charge in [-0.1, -0.05) is 23.2 Å². The summed E-state index contributed by atoms with van der Waals surface area (Å²) >= 11 is 11.7. The number of rotatable bonds is 8. The van der Waals surface area contributed by atoms with Crippen LogP contribution in [0.2, 0.25) is 10.0 Å². The van der Waals surface area contributed by atoms with Crippen molar-refractivity contribution in [3.8, 4) is 5.75 Å². The Morgan fingerprint density at radius 3 is 2.23 bits per heavy atom. The minimum Gasteiger partial charge on any atom is -0.496 e. The average Bonchev–Trinajstić information content (AvgIpc) is 2.74. The summed E-state index contributed by atoms with van der Waals surface area (Å²) in [5.41, 5.74) is 9.94. The first-order valence-corrected chi connectivity index (χ1v) is 9.75. The Morgan fingerprint density at radius 1 is 0.968 bits per heavy atom. The summed E-state index contributed by atoms with van der Waals surface area (Å²) in [6, 6.07) is 9.28.